The third-order valence-corrected chi connectivity index (χ3v) is 3.49. The molecule has 4 heteroatoms. The summed E-state index contributed by atoms with van der Waals surface area (Å²) in [5.74, 6) is -0.112. The van der Waals surface area contributed by atoms with E-state index in [4.69, 9.17) is 11.5 Å². The summed E-state index contributed by atoms with van der Waals surface area (Å²) in [5, 5.41) is 0. The van der Waals surface area contributed by atoms with Crippen LogP contribution in [0.4, 0.5) is 11.4 Å². The summed E-state index contributed by atoms with van der Waals surface area (Å²) < 4.78 is 0. The average molecular weight is 269 g/mol. The van der Waals surface area contributed by atoms with Crippen molar-refractivity contribution in [2.24, 2.45) is 0 Å². The van der Waals surface area contributed by atoms with Crippen LogP contribution in [-0.2, 0) is 0 Å². The summed E-state index contributed by atoms with van der Waals surface area (Å²) in [6.07, 6.45) is 0. The number of carbonyl (C=O) groups is 1. The molecule has 2 aromatic rings. The van der Waals surface area contributed by atoms with Gasteiger partial charge in [-0.15, -0.1) is 0 Å². The largest absolute Gasteiger partial charge is 0.399 e. The molecule has 0 aliphatic rings. The maximum atomic E-state index is 12.5. The molecule has 0 aliphatic carbocycles. The number of amides is 1. The van der Waals surface area contributed by atoms with Crippen LogP contribution in [0.3, 0.4) is 0 Å². The zero-order valence-corrected chi connectivity index (χ0v) is 11.7. The number of benzene rings is 2. The van der Waals surface area contributed by atoms with Crippen LogP contribution in [-0.4, -0.2) is 17.9 Å². The van der Waals surface area contributed by atoms with Crippen molar-refractivity contribution in [3.63, 3.8) is 0 Å². The fraction of sp³-hybridized carbons (Fsp3) is 0.188. The molecule has 0 spiro atoms. The Morgan fingerprint density at radius 3 is 2.35 bits per heavy atom. The Hall–Kier alpha value is -2.49. The molecular weight excluding hydrogens is 250 g/mol. The number of hydrogen-bond acceptors (Lipinski definition) is 3. The highest BCUT2D eigenvalue weighted by molar-refractivity contribution is 5.99. The van der Waals surface area contributed by atoms with Crippen molar-refractivity contribution in [1.82, 2.24) is 4.90 Å². The fourth-order valence-corrected chi connectivity index (χ4v) is 2.10. The van der Waals surface area contributed by atoms with Gasteiger partial charge in [-0.1, -0.05) is 30.3 Å². The van der Waals surface area contributed by atoms with E-state index < -0.39 is 0 Å². The molecule has 0 fully saturated rings. The predicted molar refractivity (Wildman–Crippen MR) is 82.2 cm³/mol. The second-order valence-corrected chi connectivity index (χ2v) is 4.85. The molecule has 0 radical (unpaired) electrons. The van der Waals surface area contributed by atoms with Gasteiger partial charge in [0, 0.05) is 18.4 Å². The lowest BCUT2D eigenvalue weighted by Crippen LogP contribution is -2.30. The SMILES string of the molecule is CC(c1ccccc1)N(C)C(=O)c1ccc(N)cc1N. The van der Waals surface area contributed by atoms with E-state index in [0.29, 0.717) is 16.9 Å². The van der Waals surface area contributed by atoms with Gasteiger partial charge in [0.15, 0.2) is 0 Å². The Morgan fingerprint density at radius 1 is 1.10 bits per heavy atom. The van der Waals surface area contributed by atoms with Crippen LogP contribution in [0.5, 0.6) is 0 Å². The summed E-state index contributed by atoms with van der Waals surface area (Å²) in [6.45, 7) is 1.99. The number of nitrogens with zero attached hydrogens (tertiary/aromatic N) is 1. The first-order chi connectivity index (χ1) is 9.50. The minimum absolute atomic E-state index is 0.0272. The van der Waals surface area contributed by atoms with E-state index in [1.165, 1.54) is 0 Å². The Morgan fingerprint density at radius 2 is 1.75 bits per heavy atom. The van der Waals surface area contributed by atoms with E-state index in [9.17, 15) is 4.79 Å². The van der Waals surface area contributed by atoms with Crippen LogP contribution in [0.25, 0.3) is 0 Å². The summed E-state index contributed by atoms with van der Waals surface area (Å²) in [7, 11) is 1.77. The highest BCUT2D eigenvalue weighted by Crippen LogP contribution is 2.23. The Bertz CT molecular complexity index is 610. The second kappa shape index (κ2) is 5.65. The molecule has 20 heavy (non-hydrogen) atoms. The van der Waals surface area contributed by atoms with E-state index in [1.54, 1.807) is 30.1 Å². The van der Waals surface area contributed by atoms with E-state index in [-0.39, 0.29) is 11.9 Å². The molecule has 0 aliphatic heterocycles. The molecule has 4 nitrogen and oxygen atoms in total. The predicted octanol–water partition coefficient (Wildman–Crippen LogP) is 2.68. The fourth-order valence-electron chi connectivity index (χ4n) is 2.10. The minimum atomic E-state index is -0.112. The lowest BCUT2D eigenvalue weighted by molar-refractivity contribution is 0.0744. The number of carbonyl (C=O) groups excluding carboxylic acids is 1. The maximum absolute atomic E-state index is 12.5. The van der Waals surface area contributed by atoms with Crippen LogP contribution in [0, 0.1) is 0 Å². The van der Waals surface area contributed by atoms with Gasteiger partial charge in [-0.2, -0.15) is 0 Å². The number of nitrogens with two attached hydrogens (primary N) is 2. The summed E-state index contributed by atoms with van der Waals surface area (Å²) in [6, 6.07) is 14.8. The molecule has 4 N–H and O–H groups in total. The first-order valence-electron chi connectivity index (χ1n) is 6.48. The monoisotopic (exact) mass is 269 g/mol. The second-order valence-electron chi connectivity index (χ2n) is 4.85. The van der Waals surface area contributed by atoms with Gasteiger partial charge in [0.2, 0.25) is 0 Å². The number of hydrogen-bond donors (Lipinski definition) is 2. The van der Waals surface area contributed by atoms with Gasteiger partial charge in [0.1, 0.15) is 0 Å². The highest BCUT2D eigenvalue weighted by Gasteiger charge is 2.20. The molecule has 104 valence electrons. The highest BCUT2D eigenvalue weighted by atomic mass is 16.2. The topological polar surface area (TPSA) is 72.3 Å². The van der Waals surface area contributed by atoms with E-state index in [2.05, 4.69) is 0 Å². The van der Waals surface area contributed by atoms with Gasteiger partial charge in [-0.3, -0.25) is 4.79 Å². The van der Waals surface area contributed by atoms with Crippen LogP contribution in [0.15, 0.2) is 48.5 Å². The third-order valence-electron chi connectivity index (χ3n) is 3.49. The van der Waals surface area contributed by atoms with Crippen LogP contribution >= 0.6 is 0 Å². The molecule has 0 saturated carbocycles. The van der Waals surface area contributed by atoms with E-state index >= 15 is 0 Å². The Balaban J connectivity index is 2.24. The van der Waals surface area contributed by atoms with Crippen LogP contribution < -0.4 is 11.5 Å². The first kappa shape index (κ1) is 13.9. The maximum Gasteiger partial charge on any atom is 0.256 e. The molecular formula is C16H19N3O. The molecule has 0 bridgehead atoms. The number of anilines is 2. The van der Waals surface area contributed by atoms with Gasteiger partial charge in [-0.25, -0.2) is 0 Å². The standard InChI is InChI=1S/C16H19N3O/c1-11(12-6-4-3-5-7-12)19(2)16(20)14-9-8-13(17)10-15(14)18/h3-11H,17-18H2,1-2H3. The number of rotatable bonds is 3. The van der Waals surface area contributed by atoms with E-state index in [0.717, 1.165) is 5.56 Å². The van der Waals surface area contributed by atoms with Crippen LogP contribution in [0.2, 0.25) is 0 Å². The number of nitrogen functional groups attached to an aromatic ring is 2. The molecule has 0 aromatic heterocycles. The average Bonchev–Trinajstić information content (AvgIpc) is 2.46. The molecule has 1 amide bonds. The Labute approximate surface area is 119 Å². The Kier molecular flexibility index (Phi) is 3.94. The molecule has 1 unspecified atom stereocenters. The molecule has 1 atom stereocenters. The van der Waals surface area contributed by atoms with Gasteiger partial charge in [-0.05, 0) is 30.7 Å². The zero-order valence-electron chi connectivity index (χ0n) is 11.7. The van der Waals surface area contributed by atoms with Crippen molar-refractivity contribution >= 4 is 17.3 Å². The van der Waals surface area contributed by atoms with Crippen LogP contribution in [0.1, 0.15) is 28.9 Å². The van der Waals surface area contributed by atoms with Crippen molar-refractivity contribution in [1.29, 1.82) is 0 Å². The quantitative estimate of drug-likeness (QED) is 0.841. The normalized spacial score (nSPS) is 11.9. The first-order valence-corrected chi connectivity index (χ1v) is 6.48. The molecule has 2 aromatic carbocycles. The summed E-state index contributed by atoms with van der Waals surface area (Å²) in [5.41, 5.74) is 14.0. The van der Waals surface area contributed by atoms with Gasteiger partial charge < -0.3 is 16.4 Å². The van der Waals surface area contributed by atoms with Gasteiger partial charge in [0.25, 0.3) is 5.91 Å². The minimum Gasteiger partial charge on any atom is -0.399 e. The van der Waals surface area contributed by atoms with Crippen molar-refractivity contribution in [2.75, 3.05) is 18.5 Å². The summed E-state index contributed by atoms with van der Waals surface area (Å²) >= 11 is 0. The smallest absolute Gasteiger partial charge is 0.256 e. The van der Waals surface area contributed by atoms with Crippen molar-refractivity contribution in [3.05, 3.63) is 59.7 Å². The molecule has 2 rings (SSSR count). The summed E-state index contributed by atoms with van der Waals surface area (Å²) in [4.78, 5) is 14.2. The lowest BCUT2D eigenvalue weighted by atomic mass is 10.1. The van der Waals surface area contributed by atoms with Gasteiger partial charge >= 0.3 is 0 Å². The van der Waals surface area contributed by atoms with Crippen molar-refractivity contribution in [3.8, 4) is 0 Å². The van der Waals surface area contributed by atoms with E-state index in [1.807, 2.05) is 37.3 Å². The third kappa shape index (κ3) is 2.74. The van der Waals surface area contributed by atoms with Crippen molar-refractivity contribution < 1.29 is 4.79 Å². The molecule has 0 heterocycles. The van der Waals surface area contributed by atoms with Crippen molar-refractivity contribution in [2.45, 2.75) is 13.0 Å². The lowest BCUT2D eigenvalue weighted by Gasteiger charge is -2.26. The zero-order chi connectivity index (χ0) is 14.7. The molecule has 0 saturated heterocycles. The van der Waals surface area contributed by atoms with Gasteiger partial charge in [0.05, 0.1) is 11.6 Å².